The van der Waals surface area contributed by atoms with E-state index < -0.39 is 95.4 Å². The summed E-state index contributed by atoms with van der Waals surface area (Å²) in [7, 11) is 0. The van der Waals surface area contributed by atoms with E-state index in [0.717, 1.165) is 12.1 Å². The SMILES string of the molecule is CC1=C(C(=O)OCCCC(F)(F)C(F)(F)C(F)(F)C(F)(F)C(F)(F)C(F)(F)F)C(c2cccc([N+](=O)[O-])c2)C(C(=O)OC(C)C)=C(C)N1. The van der Waals surface area contributed by atoms with Gasteiger partial charge >= 0.3 is 47.7 Å². The molecule has 1 aromatic carbocycles. The van der Waals surface area contributed by atoms with Crippen LogP contribution in [0.4, 0.5) is 62.8 Å². The Morgan fingerprint density at radius 2 is 1.33 bits per heavy atom. The lowest BCUT2D eigenvalue weighted by Gasteiger charge is -2.39. The number of dihydropyridines is 1. The summed E-state index contributed by atoms with van der Waals surface area (Å²) in [6, 6.07) is 4.45. The van der Waals surface area contributed by atoms with E-state index >= 15 is 0 Å². The Labute approximate surface area is 262 Å². The number of carbonyl (C=O) groups is 2. The standard InChI is InChI=1S/C27H25F13N2O6/c1-12(2)48-21(44)18-14(4)41-13(3)17(19(18)15-7-5-8-16(11-15)42(45)46)20(43)47-10-6-9-22(28,29)23(30,31)24(32,33)25(34,35)26(36,37)27(38,39)40/h5,7-8,11-12,19,41H,6,9-10H2,1-4H3. The van der Waals surface area contributed by atoms with Crippen LogP contribution in [-0.2, 0) is 19.1 Å². The minimum Gasteiger partial charge on any atom is -0.462 e. The van der Waals surface area contributed by atoms with Crippen molar-refractivity contribution < 1.29 is 81.1 Å². The fourth-order valence-electron chi connectivity index (χ4n) is 4.46. The first-order valence-corrected chi connectivity index (χ1v) is 13.3. The number of alkyl halides is 13. The lowest BCUT2D eigenvalue weighted by molar-refractivity contribution is -0.440. The van der Waals surface area contributed by atoms with E-state index in [4.69, 9.17) is 9.47 Å². The molecule has 48 heavy (non-hydrogen) atoms. The zero-order valence-corrected chi connectivity index (χ0v) is 24.9. The van der Waals surface area contributed by atoms with Crippen molar-refractivity contribution in [1.82, 2.24) is 5.32 Å². The molecule has 0 amide bonds. The van der Waals surface area contributed by atoms with Crippen LogP contribution in [0.15, 0.2) is 46.8 Å². The average molecular weight is 720 g/mol. The molecule has 0 bridgehead atoms. The summed E-state index contributed by atoms with van der Waals surface area (Å²) >= 11 is 0. The van der Waals surface area contributed by atoms with Crippen molar-refractivity contribution >= 4 is 17.6 Å². The van der Waals surface area contributed by atoms with Crippen LogP contribution >= 0.6 is 0 Å². The lowest BCUT2D eigenvalue weighted by Crippen LogP contribution is -2.70. The third-order valence-corrected chi connectivity index (χ3v) is 6.82. The van der Waals surface area contributed by atoms with Crippen LogP contribution in [0.5, 0.6) is 0 Å². The van der Waals surface area contributed by atoms with Gasteiger partial charge in [0, 0.05) is 29.9 Å². The predicted octanol–water partition coefficient (Wildman–Crippen LogP) is 7.84. The van der Waals surface area contributed by atoms with Crippen molar-refractivity contribution in [2.75, 3.05) is 6.61 Å². The topological polar surface area (TPSA) is 108 Å². The number of nitrogens with zero attached hydrogens (tertiary/aromatic N) is 1. The Morgan fingerprint density at radius 1 is 0.833 bits per heavy atom. The number of allylic oxidation sites excluding steroid dienone is 2. The number of rotatable bonds is 13. The molecule has 8 nitrogen and oxygen atoms in total. The number of hydrogen-bond acceptors (Lipinski definition) is 7. The van der Waals surface area contributed by atoms with Crippen LogP contribution in [0.3, 0.4) is 0 Å². The first kappa shape index (κ1) is 40.1. The van der Waals surface area contributed by atoms with Gasteiger partial charge in [-0.25, -0.2) is 9.59 Å². The highest BCUT2D eigenvalue weighted by atomic mass is 19.4. The summed E-state index contributed by atoms with van der Waals surface area (Å²) in [5.74, 6) is -41.7. The molecule has 21 heteroatoms. The van der Waals surface area contributed by atoms with E-state index in [-0.39, 0.29) is 22.5 Å². The molecular formula is C27H25F13N2O6. The van der Waals surface area contributed by atoms with E-state index in [1.54, 1.807) is 0 Å². The predicted molar refractivity (Wildman–Crippen MR) is 137 cm³/mol. The molecule has 0 saturated heterocycles. The van der Waals surface area contributed by atoms with E-state index in [1.807, 2.05) is 0 Å². The molecule has 0 fully saturated rings. The lowest BCUT2D eigenvalue weighted by atomic mass is 9.80. The maximum absolute atomic E-state index is 14.2. The summed E-state index contributed by atoms with van der Waals surface area (Å²) in [6.07, 6.45) is -12.4. The monoisotopic (exact) mass is 720 g/mol. The molecule has 270 valence electrons. The van der Waals surface area contributed by atoms with Crippen LogP contribution in [0, 0.1) is 10.1 Å². The van der Waals surface area contributed by atoms with Gasteiger partial charge in [0.05, 0.1) is 34.7 Å². The summed E-state index contributed by atoms with van der Waals surface area (Å²) in [4.78, 5) is 36.7. The molecule has 0 aromatic heterocycles. The third-order valence-electron chi connectivity index (χ3n) is 6.82. The minimum absolute atomic E-state index is 0.0722. The van der Waals surface area contributed by atoms with Crippen LogP contribution in [0.2, 0.25) is 0 Å². The molecule has 1 aliphatic heterocycles. The zero-order chi connectivity index (χ0) is 37.4. The normalized spacial score (nSPS) is 17.0. The maximum Gasteiger partial charge on any atom is 0.460 e. The summed E-state index contributed by atoms with van der Waals surface area (Å²) in [5, 5.41) is 14.0. The molecule has 1 atom stereocenters. The molecule has 1 aromatic rings. The Bertz CT molecular complexity index is 1490. The Balaban J connectivity index is 2.38. The van der Waals surface area contributed by atoms with Crippen LogP contribution in [0.1, 0.15) is 52.0 Å². The molecule has 0 aliphatic carbocycles. The molecule has 0 spiro atoms. The molecule has 1 heterocycles. The number of esters is 2. The first-order chi connectivity index (χ1) is 21.6. The fraction of sp³-hybridized carbons (Fsp3) is 0.556. The van der Waals surface area contributed by atoms with Gasteiger partial charge in [-0.2, -0.15) is 57.1 Å². The molecule has 1 unspecified atom stereocenters. The highest BCUT2D eigenvalue weighted by Crippen LogP contribution is 2.60. The van der Waals surface area contributed by atoms with Gasteiger partial charge in [0.15, 0.2) is 0 Å². The highest BCUT2D eigenvalue weighted by molar-refractivity contribution is 6.00. The average Bonchev–Trinajstić information content (AvgIpc) is 2.93. The summed E-state index contributed by atoms with van der Waals surface area (Å²) in [6.45, 7) is 4.14. The van der Waals surface area contributed by atoms with Crippen molar-refractivity contribution in [2.24, 2.45) is 0 Å². The van der Waals surface area contributed by atoms with Crippen LogP contribution in [-0.4, -0.2) is 65.4 Å². The highest BCUT2D eigenvalue weighted by Gasteiger charge is 2.90. The van der Waals surface area contributed by atoms with Gasteiger partial charge in [0.25, 0.3) is 5.69 Å². The second-order valence-corrected chi connectivity index (χ2v) is 10.7. The van der Waals surface area contributed by atoms with Gasteiger partial charge in [-0.1, -0.05) is 12.1 Å². The smallest absolute Gasteiger partial charge is 0.460 e. The maximum atomic E-state index is 14.2. The van der Waals surface area contributed by atoms with Gasteiger partial charge in [0.1, 0.15) is 0 Å². The first-order valence-electron chi connectivity index (χ1n) is 13.3. The molecule has 0 radical (unpaired) electrons. The third kappa shape index (κ3) is 7.18. The quantitative estimate of drug-likeness (QED) is 0.0728. The number of hydrogen-bond donors (Lipinski definition) is 1. The number of nitro benzene ring substituents is 1. The molecule has 1 N–H and O–H groups in total. The molecule has 2 rings (SSSR count). The second-order valence-electron chi connectivity index (χ2n) is 10.7. The fourth-order valence-corrected chi connectivity index (χ4v) is 4.46. The van der Waals surface area contributed by atoms with E-state index in [0.29, 0.717) is 0 Å². The Morgan fingerprint density at radius 3 is 1.81 bits per heavy atom. The number of halogens is 13. The van der Waals surface area contributed by atoms with Gasteiger partial charge < -0.3 is 14.8 Å². The van der Waals surface area contributed by atoms with Gasteiger partial charge in [-0.15, -0.1) is 0 Å². The minimum atomic E-state index is -8.04. The number of ether oxygens (including phenoxy) is 2. The van der Waals surface area contributed by atoms with Crippen molar-refractivity contribution in [3.05, 3.63) is 62.5 Å². The zero-order valence-electron chi connectivity index (χ0n) is 24.9. The summed E-state index contributed by atoms with van der Waals surface area (Å²) < 4.78 is 184. The Hall–Kier alpha value is -4.07. The van der Waals surface area contributed by atoms with Gasteiger partial charge in [0.2, 0.25) is 0 Å². The van der Waals surface area contributed by atoms with Gasteiger partial charge in [-0.05, 0) is 39.7 Å². The van der Waals surface area contributed by atoms with Crippen molar-refractivity contribution in [3.8, 4) is 0 Å². The largest absolute Gasteiger partial charge is 0.462 e. The number of carbonyl (C=O) groups excluding carboxylic acids is 2. The molecular weight excluding hydrogens is 695 g/mol. The van der Waals surface area contributed by atoms with Gasteiger partial charge in [-0.3, -0.25) is 10.1 Å². The number of non-ortho nitro benzene ring substituents is 1. The van der Waals surface area contributed by atoms with Crippen molar-refractivity contribution in [2.45, 2.75) is 88.3 Å². The van der Waals surface area contributed by atoms with Crippen molar-refractivity contribution in [1.29, 1.82) is 0 Å². The van der Waals surface area contributed by atoms with E-state index in [1.165, 1.54) is 39.8 Å². The number of benzene rings is 1. The van der Waals surface area contributed by atoms with Crippen molar-refractivity contribution in [3.63, 3.8) is 0 Å². The Kier molecular flexibility index (Phi) is 11.2. The molecule has 0 saturated carbocycles. The van der Waals surface area contributed by atoms with E-state index in [2.05, 4.69) is 5.32 Å². The van der Waals surface area contributed by atoms with Crippen LogP contribution < -0.4 is 5.32 Å². The van der Waals surface area contributed by atoms with Crippen LogP contribution in [0.25, 0.3) is 0 Å². The summed E-state index contributed by atoms with van der Waals surface area (Å²) in [5.41, 5.74) is -1.37. The second kappa shape index (κ2) is 13.4. The van der Waals surface area contributed by atoms with E-state index in [9.17, 15) is 76.8 Å². The number of nitro groups is 1. The number of nitrogens with one attached hydrogen (secondary N) is 1. The molecule has 1 aliphatic rings.